The largest absolute Gasteiger partial charge is 0.497 e. The highest BCUT2D eigenvalue weighted by molar-refractivity contribution is 7.89. The lowest BCUT2D eigenvalue weighted by Gasteiger charge is -2.31. The van der Waals surface area contributed by atoms with Crippen molar-refractivity contribution in [3.8, 4) is 5.75 Å². The van der Waals surface area contributed by atoms with Gasteiger partial charge in [0.15, 0.2) is 0 Å². The number of rotatable bonds is 6. The molecule has 4 rings (SSSR count). The number of halogens is 1. The molecule has 0 radical (unpaired) electrons. The number of carbonyl (C=O) groups is 1. The van der Waals surface area contributed by atoms with Gasteiger partial charge >= 0.3 is 0 Å². The Morgan fingerprint density at radius 3 is 2.56 bits per heavy atom. The van der Waals surface area contributed by atoms with Gasteiger partial charge in [-0.15, -0.1) is 0 Å². The molecule has 0 bridgehead atoms. The Bertz CT molecular complexity index is 1230. The van der Waals surface area contributed by atoms with E-state index in [2.05, 4.69) is 5.32 Å². The highest BCUT2D eigenvalue weighted by atomic mass is 35.5. The first kappa shape index (κ1) is 22.6. The maximum absolute atomic E-state index is 13.0. The zero-order valence-corrected chi connectivity index (χ0v) is 19.3. The minimum atomic E-state index is -3.66. The van der Waals surface area contributed by atoms with E-state index in [4.69, 9.17) is 16.3 Å². The summed E-state index contributed by atoms with van der Waals surface area (Å²) in [4.78, 5) is 13.0. The van der Waals surface area contributed by atoms with Crippen molar-refractivity contribution >= 4 is 38.3 Å². The second kappa shape index (κ2) is 9.48. The van der Waals surface area contributed by atoms with E-state index in [1.807, 2.05) is 36.4 Å². The average molecular weight is 473 g/mol. The van der Waals surface area contributed by atoms with E-state index in [1.165, 1.54) is 16.4 Å². The topological polar surface area (TPSA) is 75.7 Å². The number of hydrogen-bond donors (Lipinski definition) is 1. The van der Waals surface area contributed by atoms with Crippen LogP contribution in [0.15, 0.2) is 65.6 Å². The Hall–Kier alpha value is -2.61. The fourth-order valence-electron chi connectivity index (χ4n) is 3.97. The highest BCUT2D eigenvalue weighted by Gasteiger charge is 2.33. The normalized spacial score (nSPS) is 17.2. The first-order chi connectivity index (χ1) is 15.4. The van der Waals surface area contributed by atoms with Crippen molar-refractivity contribution in [2.75, 3.05) is 20.2 Å². The number of benzene rings is 3. The van der Waals surface area contributed by atoms with Crippen LogP contribution in [0, 0.1) is 5.92 Å². The van der Waals surface area contributed by atoms with Crippen LogP contribution in [0.2, 0.25) is 5.02 Å². The molecular weight excluding hydrogens is 448 g/mol. The minimum Gasteiger partial charge on any atom is -0.497 e. The number of amides is 1. The summed E-state index contributed by atoms with van der Waals surface area (Å²) in [5, 5.41) is 5.58. The summed E-state index contributed by atoms with van der Waals surface area (Å²) in [6, 6.07) is 18.0. The van der Waals surface area contributed by atoms with E-state index in [-0.39, 0.29) is 23.3 Å². The maximum atomic E-state index is 13.0. The lowest BCUT2D eigenvalue weighted by Crippen LogP contribution is -2.45. The third-order valence-corrected chi connectivity index (χ3v) is 7.92. The number of sulfonamides is 1. The summed E-state index contributed by atoms with van der Waals surface area (Å²) >= 11 is 5.88. The lowest BCUT2D eigenvalue weighted by molar-refractivity contribution is -0.126. The predicted octanol–water partition coefficient (Wildman–Crippen LogP) is 4.22. The molecule has 6 nitrogen and oxygen atoms in total. The van der Waals surface area contributed by atoms with Crippen LogP contribution in [0.5, 0.6) is 5.75 Å². The summed E-state index contributed by atoms with van der Waals surface area (Å²) in [5.74, 6) is 0.292. The number of fused-ring (bicyclic) bond motifs is 1. The number of ether oxygens (including phenoxy) is 1. The summed E-state index contributed by atoms with van der Waals surface area (Å²) in [7, 11) is -2.02. The fourth-order valence-corrected chi connectivity index (χ4v) is 5.62. The molecule has 1 amide bonds. The number of nitrogens with one attached hydrogen (secondary N) is 1. The van der Waals surface area contributed by atoms with Crippen LogP contribution >= 0.6 is 11.6 Å². The van der Waals surface area contributed by atoms with Crippen molar-refractivity contribution in [3.05, 3.63) is 71.2 Å². The molecule has 1 unspecified atom stereocenters. The highest BCUT2D eigenvalue weighted by Crippen LogP contribution is 2.25. The van der Waals surface area contributed by atoms with E-state index in [0.717, 1.165) is 22.1 Å². The SMILES string of the molecule is COc1ccc2cc(CNC(=O)C3CCCN(S(=O)(=O)c4ccc(Cl)cc4)C3)ccc2c1. The van der Waals surface area contributed by atoms with Crippen LogP contribution in [-0.2, 0) is 21.4 Å². The molecule has 0 spiro atoms. The molecule has 3 aromatic carbocycles. The number of nitrogens with zero attached hydrogens (tertiary/aromatic N) is 1. The van der Waals surface area contributed by atoms with Gasteiger partial charge in [-0.25, -0.2) is 8.42 Å². The third kappa shape index (κ3) is 4.90. The number of carbonyl (C=O) groups excluding carboxylic acids is 1. The maximum Gasteiger partial charge on any atom is 0.243 e. The molecule has 1 N–H and O–H groups in total. The Morgan fingerprint density at radius 1 is 1.09 bits per heavy atom. The second-order valence-corrected chi connectivity index (χ2v) is 10.3. The van der Waals surface area contributed by atoms with Crippen LogP contribution < -0.4 is 10.1 Å². The monoisotopic (exact) mass is 472 g/mol. The zero-order chi connectivity index (χ0) is 22.7. The van der Waals surface area contributed by atoms with Gasteiger partial charge in [-0.1, -0.05) is 29.8 Å². The molecule has 1 atom stereocenters. The first-order valence-corrected chi connectivity index (χ1v) is 12.3. The summed E-state index contributed by atoms with van der Waals surface area (Å²) < 4.78 is 32.6. The van der Waals surface area contributed by atoms with E-state index >= 15 is 0 Å². The first-order valence-electron chi connectivity index (χ1n) is 10.5. The van der Waals surface area contributed by atoms with Crippen molar-refractivity contribution in [1.29, 1.82) is 0 Å². The van der Waals surface area contributed by atoms with Crippen molar-refractivity contribution < 1.29 is 17.9 Å². The molecule has 32 heavy (non-hydrogen) atoms. The van der Waals surface area contributed by atoms with Crippen LogP contribution in [0.4, 0.5) is 0 Å². The molecule has 8 heteroatoms. The molecule has 1 aliphatic rings. The van der Waals surface area contributed by atoms with Gasteiger partial charge in [0.2, 0.25) is 15.9 Å². The third-order valence-electron chi connectivity index (χ3n) is 5.78. The van der Waals surface area contributed by atoms with Gasteiger partial charge in [0.1, 0.15) is 5.75 Å². The van der Waals surface area contributed by atoms with Crippen LogP contribution in [0.25, 0.3) is 10.8 Å². The van der Waals surface area contributed by atoms with Crippen molar-refractivity contribution in [2.45, 2.75) is 24.3 Å². The number of methoxy groups -OCH3 is 1. The lowest BCUT2D eigenvalue weighted by atomic mass is 9.98. The molecule has 3 aromatic rings. The summed E-state index contributed by atoms with van der Waals surface area (Å²) in [6.07, 6.45) is 1.30. The fraction of sp³-hybridized carbons (Fsp3) is 0.292. The molecule has 1 saturated heterocycles. The molecule has 168 valence electrons. The van der Waals surface area contributed by atoms with Gasteiger partial charge < -0.3 is 10.1 Å². The van der Waals surface area contributed by atoms with Gasteiger partial charge in [-0.05, 0) is 71.6 Å². The van der Waals surface area contributed by atoms with Gasteiger partial charge in [0, 0.05) is 24.7 Å². The Balaban J connectivity index is 1.40. The molecule has 1 aliphatic heterocycles. The van der Waals surface area contributed by atoms with Gasteiger partial charge in [-0.2, -0.15) is 4.31 Å². The summed E-state index contributed by atoms with van der Waals surface area (Å²) in [6.45, 7) is 0.971. The van der Waals surface area contributed by atoms with Gasteiger partial charge in [-0.3, -0.25) is 4.79 Å². The number of piperidine rings is 1. The predicted molar refractivity (Wildman–Crippen MR) is 125 cm³/mol. The molecule has 0 aliphatic carbocycles. The standard InChI is InChI=1S/C24H25ClN2O4S/c1-31-22-9-6-18-13-17(4-5-19(18)14-22)15-26-24(28)20-3-2-12-27(16-20)32(29,30)23-10-7-21(25)8-11-23/h4-11,13-14,20H,2-3,12,15-16H2,1H3,(H,26,28). The minimum absolute atomic E-state index is 0.129. The van der Waals surface area contributed by atoms with E-state index in [1.54, 1.807) is 19.2 Å². The van der Waals surface area contributed by atoms with Crippen LogP contribution in [0.1, 0.15) is 18.4 Å². The van der Waals surface area contributed by atoms with Crippen LogP contribution in [0.3, 0.4) is 0 Å². The van der Waals surface area contributed by atoms with Crippen molar-refractivity contribution in [3.63, 3.8) is 0 Å². The second-order valence-electron chi connectivity index (χ2n) is 7.92. The smallest absolute Gasteiger partial charge is 0.243 e. The molecule has 1 heterocycles. The van der Waals surface area contributed by atoms with E-state index < -0.39 is 10.0 Å². The molecule has 1 fully saturated rings. The quantitative estimate of drug-likeness (QED) is 0.582. The molecular formula is C24H25ClN2O4S. The van der Waals surface area contributed by atoms with Crippen molar-refractivity contribution in [1.82, 2.24) is 9.62 Å². The summed E-state index contributed by atoms with van der Waals surface area (Å²) in [5.41, 5.74) is 0.984. The van der Waals surface area contributed by atoms with Crippen molar-refractivity contribution in [2.24, 2.45) is 5.92 Å². The van der Waals surface area contributed by atoms with Crippen LogP contribution in [-0.4, -0.2) is 38.8 Å². The van der Waals surface area contributed by atoms with Gasteiger partial charge in [0.25, 0.3) is 0 Å². The van der Waals surface area contributed by atoms with E-state index in [0.29, 0.717) is 31.0 Å². The van der Waals surface area contributed by atoms with Gasteiger partial charge in [0.05, 0.1) is 17.9 Å². The zero-order valence-electron chi connectivity index (χ0n) is 17.8. The molecule has 0 saturated carbocycles. The Kier molecular flexibility index (Phi) is 6.69. The number of hydrogen-bond acceptors (Lipinski definition) is 4. The Labute approximate surface area is 193 Å². The average Bonchev–Trinajstić information content (AvgIpc) is 2.82. The Morgan fingerprint density at radius 2 is 1.81 bits per heavy atom. The molecule has 0 aromatic heterocycles. The van der Waals surface area contributed by atoms with E-state index in [9.17, 15) is 13.2 Å².